The summed E-state index contributed by atoms with van der Waals surface area (Å²) in [5.41, 5.74) is 1.58. The molecule has 2 atom stereocenters. The number of benzene rings is 3. The number of amides is 1. The average Bonchev–Trinajstić information content (AvgIpc) is 2.87. The number of nitrogens with zero attached hydrogens (tertiary/aromatic N) is 1. The quantitative estimate of drug-likeness (QED) is 0.393. The minimum atomic E-state index is -0.849. The second-order valence-electron chi connectivity index (χ2n) is 7.26. The van der Waals surface area contributed by atoms with Gasteiger partial charge in [0.15, 0.2) is 6.10 Å². The van der Waals surface area contributed by atoms with Crippen molar-refractivity contribution in [2.45, 2.75) is 18.6 Å². The highest BCUT2D eigenvalue weighted by Gasteiger charge is 2.29. The first-order valence-electron chi connectivity index (χ1n) is 10.8. The lowest BCUT2D eigenvalue weighted by Crippen LogP contribution is -2.31. The number of aliphatic hydroxyl groups excluding tert-OH is 2. The standard InChI is InChI=1S/C26H26N2O6/c27-18-19-6-10-21(11-7-19)28-26(31)34-25(20-8-12-22(13-9-20)32-17-16-30)24(14-15-29)33-23-4-2-1-3-5-23/h1-13,24-25,29-30H,14-17H2,(H,28,31)/t24-,25-/m1/s1. The summed E-state index contributed by atoms with van der Waals surface area (Å²) >= 11 is 0. The molecule has 3 rings (SSSR count). The second-order valence-corrected chi connectivity index (χ2v) is 7.26. The van der Waals surface area contributed by atoms with Crippen molar-refractivity contribution in [3.63, 3.8) is 0 Å². The van der Waals surface area contributed by atoms with Gasteiger partial charge in [0.1, 0.15) is 24.2 Å². The largest absolute Gasteiger partial charge is 0.491 e. The van der Waals surface area contributed by atoms with Gasteiger partial charge in [-0.25, -0.2) is 4.79 Å². The molecule has 0 saturated heterocycles. The van der Waals surface area contributed by atoms with E-state index >= 15 is 0 Å². The maximum absolute atomic E-state index is 12.8. The van der Waals surface area contributed by atoms with Crippen LogP contribution in [0.15, 0.2) is 78.9 Å². The Kier molecular flexibility index (Phi) is 9.29. The topological polar surface area (TPSA) is 121 Å². The first-order valence-corrected chi connectivity index (χ1v) is 10.8. The molecule has 3 aromatic rings. The molecule has 0 saturated carbocycles. The Morgan fingerprint density at radius 1 is 0.912 bits per heavy atom. The molecule has 0 unspecified atom stereocenters. The van der Waals surface area contributed by atoms with Gasteiger partial charge in [-0.3, -0.25) is 5.32 Å². The Labute approximate surface area is 197 Å². The number of ether oxygens (including phenoxy) is 3. The normalized spacial score (nSPS) is 12.1. The van der Waals surface area contributed by atoms with Gasteiger partial charge in [-0.05, 0) is 54.1 Å². The predicted molar refractivity (Wildman–Crippen MR) is 126 cm³/mol. The molecule has 0 heterocycles. The van der Waals surface area contributed by atoms with Crippen LogP contribution in [-0.4, -0.2) is 42.2 Å². The first kappa shape index (κ1) is 24.6. The SMILES string of the molecule is N#Cc1ccc(NC(=O)O[C@H](c2ccc(OCCO)cc2)[C@@H](CCO)Oc2ccccc2)cc1. The number of para-hydroxylation sites is 1. The predicted octanol–water partition coefficient (Wildman–Crippen LogP) is 4.05. The lowest BCUT2D eigenvalue weighted by atomic mass is 10.0. The van der Waals surface area contributed by atoms with Crippen LogP contribution in [0.5, 0.6) is 11.5 Å². The minimum absolute atomic E-state index is 0.105. The number of carbonyl (C=O) groups is 1. The molecule has 0 aliphatic carbocycles. The summed E-state index contributed by atoms with van der Waals surface area (Å²) in [6.45, 7) is -0.116. The summed E-state index contributed by atoms with van der Waals surface area (Å²) in [4.78, 5) is 12.8. The van der Waals surface area contributed by atoms with E-state index in [1.165, 1.54) is 0 Å². The Hall–Kier alpha value is -4.06. The number of hydrogen-bond donors (Lipinski definition) is 3. The summed E-state index contributed by atoms with van der Waals surface area (Å²) in [7, 11) is 0. The lowest BCUT2D eigenvalue weighted by molar-refractivity contribution is 0.00906. The molecular formula is C26H26N2O6. The van der Waals surface area contributed by atoms with Crippen molar-refractivity contribution in [1.82, 2.24) is 0 Å². The molecular weight excluding hydrogens is 436 g/mol. The summed E-state index contributed by atoms with van der Waals surface area (Å²) in [6.07, 6.45) is -2.03. The number of nitrogens with one attached hydrogen (secondary N) is 1. The van der Waals surface area contributed by atoms with Crippen LogP contribution in [0.3, 0.4) is 0 Å². The van der Waals surface area contributed by atoms with Crippen LogP contribution < -0.4 is 14.8 Å². The van der Waals surface area contributed by atoms with E-state index < -0.39 is 18.3 Å². The van der Waals surface area contributed by atoms with E-state index in [2.05, 4.69) is 5.32 Å². The van der Waals surface area contributed by atoms with Crippen molar-refractivity contribution in [2.24, 2.45) is 0 Å². The van der Waals surface area contributed by atoms with Gasteiger partial charge >= 0.3 is 6.09 Å². The molecule has 3 N–H and O–H groups in total. The van der Waals surface area contributed by atoms with Crippen molar-refractivity contribution in [1.29, 1.82) is 5.26 Å². The first-order chi connectivity index (χ1) is 16.6. The van der Waals surface area contributed by atoms with Crippen LogP contribution in [-0.2, 0) is 4.74 Å². The van der Waals surface area contributed by atoms with Crippen molar-refractivity contribution < 1.29 is 29.2 Å². The number of hydrogen-bond acceptors (Lipinski definition) is 7. The van der Waals surface area contributed by atoms with Gasteiger partial charge < -0.3 is 24.4 Å². The van der Waals surface area contributed by atoms with Crippen molar-refractivity contribution in [3.8, 4) is 17.6 Å². The zero-order chi connectivity index (χ0) is 24.2. The van der Waals surface area contributed by atoms with Crippen LogP contribution in [0.25, 0.3) is 0 Å². The maximum atomic E-state index is 12.8. The van der Waals surface area contributed by atoms with E-state index in [0.29, 0.717) is 28.3 Å². The number of carbonyl (C=O) groups excluding carboxylic acids is 1. The van der Waals surface area contributed by atoms with E-state index in [9.17, 15) is 9.90 Å². The third-order valence-corrected chi connectivity index (χ3v) is 4.85. The monoisotopic (exact) mass is 462 g/mol. The number of nitriles is 1. The van der Waals surface area contributed by atoms with Gasteiger partial charge in [0.05, 0.1) is 18.2 Å². The number of aliphatic hydroxyl groups is 2. The molecule has 0 aliphatic rings. The van der Waals surface area contributed by atoms with Crippen LogP contribution in [0, 0.1) is 11.3 Å². The Morgan fingerprint density at radius 3 is 2.24 bits per heavy atom. The van der Waals surface area contributed by atoms with E-state index in [4.69, 9.17) is 24.6 Å². The highest BCUT2D eigenvalue weighted by molar-refractivity contribution is 5.84. The minimum Gasteiger partial charge on any atom is -0.491 e. The maximum Gasteiger partial charge on any atom is 0.412 e. The zero-order valence-corrected chi connectivity index (χ0v) is 18.5. The summed E-state index contributed by atoms with van der Waals surface area (Å²) in [5.74, 6) is 1.13. The average molecular weight is 463 g/mol. The molecule has 0 fully saturated rings. The summed E-state index contributed by atoms with van der Waals surface area (Å²) < 4.78 is 17.3. The molecule has 0 radical (unpaired) electrons. The van der Waals surface area contributed by atoms with Crippen LogP contribution >= 0.6 is 0 Å². The molecule has 0 aromatic heterocycles. The van der Waals surface area contributed by atoms with Crippen molar-refractivity contribution in [3.05, 3.63) is 90.0 Å². The fourth-order valence-electron chi connectivity index (χ4n) is 3.24. The highest BCUT2D eigenvalue weighted by atomic mass is 16.6. The van der Waals surface area contributed by atoms with E-state index in [1.54, 1.807) is 60.7 Å². The molecule has 0 spiro atoms. The smallest absolute Gasteiger partial charge is 0.412 e. The summed E-state index contributed by atoms with van der Waals surface area (Å²) in [5, 5.41) is 30.2. The Morgan fingerprint density at radius 2 is 1.62 bits per heavy atom. The Balaban J connectivity index is 1.83. The molecule has 8 heteroatoms. The van der Waals surface area contributed by atoms with Gasteiger partial charge in [-0.15, -0.1) is 0 Å². The van der Waals surface area contributed by atoms with Crippen LogP contribution in [0.4, 0.5) is 10.5 Å². The van der Waals surface area contributed by atoms with Crippen LogP contribution in [0.2, 0.25) is 0 Å². The van der Waals surface area contributed by atoms with Gasteiger partial charge in [0.2, 0.25) is 0 Å². The zero-order valence-electron chi connectivity index (χ0n) is 18.5. The van der Waals surface area contributed by atoms with Gasteiger partial charge in [-0.2, -0.15) is 5.26 Å². The van der Waals surface area contributed by atoms with Crippen molar-refractivity contribution >= 4 is 11.8 Å². The third kappa shape index (κ3) is 7.24. The Bertz CT molecular complexity index is 1070. The molecule has 1 amide bonds. The van der Waals surface area contributed by atoms with Gasteiger partial charge in [-0.1, -0.05) is 30.3 Å². The molecule has 176 valence electrons. The van der Waals surface area contributed by atoms with Gasteiger partial charge in [0.25, 0.3) is 0 Å². The molecule has 34 heavy (non-hydrogen) atoms. The van der Waals surface area contributed by atoms with Crippen LogP contribution in [0.1, 0.15) is 23.7 Å². The van der Waals surface area contributed by atoms with E-state index in [1.807, 2.05) is 24.3 Å². The number of anilines is 1. The van der Waals surface area contributed by atoms with E-state index in [-0.39, 0.29) is 26.2 Å². The number of rotatable bonds is 11. The molecule has 0 aliphatic heterocycles. The fraction of sp³-hybridized carbons (Fsp3) is 0.231. The highest BCUT2D eigenvalue weighted by Crippen LogP contribution is 2.29. The van der Waals surface area contributed by atoms with E-state index in [0.717, 1.165) is 0 Å². The molecule has 0 bridgehead atoms. The van der Waals surface area contributed by atoms with Crippen molar-refractivity contribution in [2.75, 3.05) is 25.1 Å². The molecule has 8 nitrogen and oxygen atoms in total. The summed E-state index contributed by atoms with van der Waals surface area (Å²) in [6, 6.07) is 24.4. The second kappa shape index (κ2) is 12.8. The lowest BCUT2D eigenvalue weighted by Gasteiger charge is -2.28. The fourth-order valence-corrected chi connectivity index (χ4v) is 3.24. The third-order valence-electron chi connectivity index (χ3n) is 4.85. The van der Waals surface area contributed by atoms with Gasteiger partial charge in [0, 0.05) is 18.7 Å². The molecule has 3 aromatic carbocycles.